The molecule has 0 atom stereocenters. The molecule has 0 unspecified atom stereocenters. The van der Waals surface area contributed by atoms with Gasteiger partial charge in [-0.2, -0.15) is 0 Å². The van der Waals surface area contributed by atoms with Crippen molar-refractivity contribution in [3.05, 3.63) is 108 Å². The molecule has 2 aromatic carbocycles. The van der Waals surface area contributed by atoms with Crippen LogP contribution in [-0.2, 0) is 0 Å². The monoisotopic (exact) mass is 466 g/mol. The van der Waals surface area contributed by atoms with Crippen molar-refractivity contribution in [3.8, 4) is 0 Å². The van der Waals surface area contributed by atoms with Crippen LogP contribution in [0.15, 0.2) is 96.4 Å². The molecule has 7 nitrogen and oxygen atoms in total. The van der Waals surface area contributed by atoms with Crippen molar-refractivity contribution in [2.75, 3.05) is 16.0 Å². The highest BCUT2D eigenvalue weighted by Gasteiger charge is 2.11. The summed E-state index contributed by atoms with van der Waals surface area (Å²) in [5, 5.41) is 9.28. The molecule has 0 aliphatic rings. The smallest absolute Gasteiger partial charge is 0.274 e. The zero-order valence-electron chi connectivity index (χ0n) is 19.0. The number of allylic oxidation sites excluding steroid dienone is 1. The van der Waals surface area contributed by atoms with E-state index in [0.29, 0.717) is 28.3 Å². The lowest BCUT2D eigenvalue weighted by Crippen LogP contribution is -2.13. The van der Waals surface area contributed by atoms with Gasteiger partial charge >= 0.3 is 0 Å². The Kier molecular flexibility index (Phi) is 7.22. The quantitative estimate of drug-likeness (QED) is 0.261. The largest absolute Gasteiger partial charge is 0.355 e. The van der Waals surface area contributed by atoms with Crippen LogP contribution in [0.4, 0.5) is 32.8 Å². The van der Waals surface area contributed by atoms with E-state index in [1.54, 1.807) is 55.0 Å². The summed E-state index contributed by atoms with van der Waals surface area (Å²) in [6.45, 7) is 5.37. The molecule has 0 bridgehead atoms. The maximum atomic E-state index is 13.8. The van der Waals surface area contributed by atoms with Gasteiger partial charge in [0.15, 0.2) is 0 Å². The van der Waals surface area contributed by atoms with E-state index in [2.05, 4.69) is 37.6 Å². The fourth-order valence-corrected chi connectivity index (χ4v) is 3.35. The number of nitrogens with one attached hydrogen (secondary N) is 3. The number of amides is 1. The summed E-state index contributed by atoms with van der Waals surface area (Å²) in [6, 6.07) is 18.7. The number of hydrogen-bond donors (Lipinski definition) is 3. The molecule has 35 heavy (non-hydrogen) atoms. The number of hydrogen-bond acceptors (Lipinski definition) is 6. The Bertz CT molecular complexity index is 1350. The van der Waals surface area contributed by atoms with Gasteiger partial charge in [0.25, 0.3) is 5.91 Å². The van der Waals surface area contributed by atoms with Crippen LogP contribution in [0.5, 0.6) is 0 Å². The number of aliphatic imine (C=N–C) groups is 1. The number of aromatic nitrogens is 2. The number of carbonyl (C=O) groups is 1. The number of anilines is 4. The van der Waals surface area contributed by atoms with E-state index in [0.717, 1.165) is 11.4 Å². The van der Waals surface area contributed by atoms with Crippen molar-refractivity contribution in [2.45, 2.75) is 6.92 Å². The molecule has 3 N–H and O–H groups in total. The van der Waals surface area contributed by atoms with Crippen LogP contribution in [0.25, 0.3) is 5.70 Å². The zero-order valence-corrected chi connectivity index (χ0v) is 19.0. The first-order valence-corrected chi connectivity index (χ1v) is 10.8. The Morgan fingerprint density at radius 1 is 0.914 bits per heavy atom. The van der Waals surface area contributed by atoms with Gasteiger partial charge in [-0.1, -0.05) is 6.08 Å². The standard InChI is InChI=1S/C27H23FN6O/c1-3-24(23-16-18(28)4-10-25(23)29-2)33-22-9-11-26(31-17-22)27(35)34-20-7-5-19(6-8-20)32-21-12-14-30-15-13-21/h3-17,33H,2H2,1H3,(H,30,32)(H,34,35)/b24-3+. The molecule has 0 saturated carbocycles. The molecule has 0 aliphatic carbocycles. The Balaban J connectivity index is 1.40. The van der Waals surface area contributed by atoms with Gasteiger partial charge in [0.1, 0.15) is 11.5 Å². The zero-order chi connectivity index (χ0) is 24.6. The minimum Gasteiger partial charge on any atom is -0.355 e. The van der Waals surface area contributed by atoms with Gasteiger partial charge in [-0.3, -0.25) is 14.8 Å². The highest BCUT2D eigenvalue weighted by atomic mass is 19.1. The van der Waals surface area contributed by atoms with E-state index in [4.69, 9.17) is 0 Å². The van der Waals surface area contributed by atoms with Gasteiger partial charge in [0, 0.05) is 40.7 Å². The van der Waals surface area contributed by atoms with Crippen LogP contribution in [0, 0.1) is 5.82 Å². The summed E-state index contributed by atoms with van der Waals surface area (Å²) in [5.41, 5.74) is 5.12. The summed E-state index contributed by atoms with van der Waals surface area (Å²) in [4.78, 5) is 24.8. The molecule has 0 saturated heterocycles. The Hall–Kier alpha value is -4.85. The topological polar surface area (TPSA) is 91.3 Å². The molecule has 0 aliphatic heterocycles. The first-order valence-electron chi connectivity index (χ1n) is 10.8. The summed E-state index contributed by atoms with van der Waals surface area (Å²) < 4.78 is 13.8. The van der Waals surface area contributed by atoms with E-state index in [1.807, 2.05) is 31.2 Å². The molecule has 1 amide bonds. The highest BCUT2D eigenvalue weighted by Crippen LogP contribution is 2.28. The number of rotatable bonds is 8. The molecule has 174 valence electrons. The van der Waals surface area contributed by atoms with E-state index >= 15 is 0 Å². The fourth-order valence-electron chi connectivity index (χ4n) is 3.35. The van der Waals surface area contributed by atoms with Crippen molar-refractivity contribution in [1.29, 1.82) is 0 Å². The molecular formula is C27H23FN6O. The van der Waals surface area contributed by atoms with E-state index < -0.39 is 0 Å². The second-order valence-corrected chi connectivity index (χ2v) is 7.47. The fraction of sp³-hybridized carbons (Fsp3) is 0.0370. The van der Waals surface area contributed by atoms with E-state index in [1.165, 1.54) is 12.1 Å². The SMILES string of the molecule is C=Nc1ccc(F)cc1/C(=C\C)Nc1ccc(C(=O)Nc2ccc(Nc3ccncc3)cc2)nc1. The Labute approximate surface area is 202 Å². The first-order chi connectivity index (χ1) is 17.1. The third kappa shape index (κ3) is 5.94. The Morgan fingerprint density at radius 2 is 1.60 bits per heavy atom. The number of nitrogens with zero attached hydrogens (tertiary/aromatic N) is 3. The van der Waals surface area contributed by atoms with Crippen molar-refractivity contribution < 1.29 is 9.18 Å². The Morgan fingerprint density at radius 3 is 2.26 bits per heavy atom. The van der Waals surface area contributed by atoms with Gasteiger partial charge in [-0.15, -0.1) is 0 Å². The second-order valence-electron chi connectivity index (χ2n) is 7.47. The molecule has 0 spiro atoms. The van der Waals surface area contributed by atoms with Crippen molar-refractivity contribution in [3.63, 3.8) is 0 Å². The van der Waals surface area contributed by atoms with Gasteiger partial charge in [-0.25, -0.2) is 9.37 Å². The lowest BCUT2D eigenvalue weighted by atomic mass is 10.1. The summed E-state index contributed by atoms with van der Waals surface area (Å²) in [5.74, 6) is -0.708. The number of benzene rings is 2. The van der Waals surface area contributed by atoms with E-state index in [-0.39, 0.29) is 17.4 Å². The predicted molar refractivity (Wildman–Crippen MR) is 139 cm³/mol. The molecule has 0 radical (unpaired) electrons. The van der Waals surface area contributed by atoms with Crippen LogP contribution in [0.3, 0.4) is 0 Å². The van der Waals surface area contributed by atoms with Crippen LogP contribution >= 0.6 is 0 Å². The summed E-state index contributed by atoms with van der Waals surface area (Å²) in [6.07, 6.45) is 6.76. The molecule has 8 heteroatoms. The van der Waals surface area contributed by atoms with E-state index in [9.17, 15) is 9.18 Å². The molecule has 2 heterocycles. The van der Waals surface area contributed by atoms with Gasteiger partial charge in [0.2, 0.25) is 0 Å². The second kappa shape index (κ2) is 10.8. The first kappa shape index (κ1) is 23.3. The number of carbonyl (C=O) groups excluding carboxylic acids is 1. The lowest BCUT2D eigenvalue weighted by molar-refractivity contribution is 0.102. The minimum absolute atomic E-state index is 0.260. The normalized spacial score (nSPS) is 11.0. The van der Waals surface area contributed by atoms with Gasteiger partial charge < -0.3 is 16.0 Å². The molecule has 4 aromatic rings. The third-order valence-electron chi connectivity index (χ3n) is 5.09. The van der Waals surface area contributed by atoms with Gasteiger partial charge in [-0.05, 0) is 80.4 Å². The average molecular weight is 467 g/mol. The highest BCUT2D eigenvalue weighted by molar-refractivity contribution is 6.03. The van der Waals surface area contributed by atoms with Gasteiger partial charge in [0.05, 0.1) is 17.6 Å². The summed E-state index contributed by atoms with van der Waals surface area (Å²) in [7, 11) is 0. The molecule has 0 fully saturated rings. The van der Waals surface area contributed by atoms with Crippen molar-refractivity contribution >= 4 is 46.8 Å². The maximum absolute atomic E-state index is 13.8. The lowest BCUT2D eigenvalue weighted by Gasteiger charge is -2.13. The third-order valence-corrected chi connectivity index (χ3v) is 5.09. The summed E-state index contributed by atoms with van der Waals surface area (Å²) >= 11 is 0. The molecule has 4 rings (SSSR count). The number of pyridine rings is 2. The minimum atomic E-state index is -0.375. The molecule has 2 aromatic heterocycles. The van der Waals surface area contributed by atoms with Crippen LogP contribution in [0.1, 0.15) is 23.0 Å². The number of halogens is 1. The predicted octanol–water partition coefficient (Wildman–Crippen LogP) is 6.42. The maximum Gasteiger partial charge on any atom is 0.274 e. The van der Waals surface area contributed by atoms with Crippen molar-refractivity contribution in [1.82, 2.24) is 9.97 Å². The van der Waals surface area contributed by atoms with Crippen LogP contribution < -0.4 is 16.0 Å². The average Bonchev–Trinajstić information content (AvgIpc) is 2.89. The van der Waals surface area contributed by atoms with Crippen LogP contribution in [-0.4, -0.2) is 22.6 Å². The van der Waals surface area contributed by atoms with Crippen molar-refractivity contribution in [2.24, 2.45) is 4.99 Å². The molecular weight excluding hydrogens is 443 g/mol. The van der Waals surface area contributed by atoms with Crippen LogP contribution in [0.2, 0.25) is 0 Å².